The molecule has 5 nitrogen and oxygen atoms in total. The Bertz CT molecular complexity index is 269. The first-order valence-electron chi connectivity index (χ1n) is 4.08. The summed E-state index contributed by atoms with van der Waals surface area (Å²) in [5, 5.41) is 16.9. The number of carbonyl (C=O) groups is 1. The molecule has 14 heavy (non-hydrogen) atoms. The quantitative estimate of drug-likeness (QED) is 0.604. The third-order valence-electron chi connectivity index (χ3n) is 1.84. The number of ether oxygens (including phenoxy) is 1. The lowest BCUT2D eigenvalue weighted by molar-refractivity contribution is -0.149. The van der Waals surface area contributed by atoms with Crippen LogP contribution >= 0.6 is 0 Å². The van der Waals surface area contributed by atoms with Gasteiger partial charge in [0.25, 0.3) is 5.91 Å². The van der Waals surface area contributed by atoms with E-state index in [0.717, 1.165) is 4.90 Å². The normalized spacial score (nSPS) is 10.1. The summed E-state index contributed by atoms with van der Waals surface area (Å²) in [6, 6.07) is 3.66. The summed E-state index contributed by atoms with van der Waals surface area (Å²) in [5.41, 5.74) is -0.992. The maximum atomic E-state index is 11.7. The number of carbonyl (C=O) groups excluding carboxylic acids is 1. The number of nitriles is 2. The minimum atomic E-state index is -0.992. The lowest BCUT2D eigenvalue weighted by Gasteiger charge is -2.27. The van der Waals surface area contributed by atoms with E-state index in [1.807, 2.05) is 12.1 Å². The van der Waals surface area contributed by atoms with Gasteiger partial charge in [-0.15, -0.1) is 0 Å². The monoisotopic (exact) mass is 195 g/mol. The second-order valence-corrected chi connectivity index (χ2v) is 3.19. The summed E-state index contributed by atoms with van der Waals surface area (Å²) in [7, 11) is 1.41. The van der Waals surface area contributed by atoms with Gasteiger partial charge in [0, 0.05) is 7.11 Å². The molecule has 0 atom stereocenters. The van der Waals surface area contributed by atoms with Crippen LogP contribution < -0.4 is 0 Å². The van der Waals surface area contributed by atoms with Gasteiger partial charge >= 0.3 is 0 Å². The van der Waals surface area contributed by atoms with Gasteiger partial charge in [-0.3, -0.25) is 4.79 Å². The van der Waals surface area contributed by atoms with E-state index in [-0.39, 0.29) is 19.0 Å². The van der Waals surface area contributed by atoms with Crippen LogP contribution in [0.1, 0.15) is 13.8 Å². The third kappa shape index (κ3) is 3.04. The Morgan fingerprint density at radius 2 is 1.79 bits per heavy atom. The highest BCUT2D eigenvalue weighted by Crippen LogP contribution is 2.11. The van der Waals surface area contributed by atoms with Gasteiger partial charge in [-0.25, -0.2) is 0 Å². The predicted octanol–water partition coefficient (Wildman–Crippen LogP) is 0.287. The van der Waals surface area contributed by atoms with E-state index in [1.54, 1.807) is 13.8 Å². The first-order chi connectivity index (χ1) is 6.49. The minimum absolute atomic E-state index is 0.0980. The number of nitrogens with zero attached hydrogens (tertiary/aromatic N) is 3. The Hall–Kier alpha value is -1.59. The van der Waals surface area contributed by atoms with Gasteiger partial charge in [-0.05, 0) is 13.8 Å². The fraction of sp³-hybridized carbons (Fsp3) is 0.667. The largest absolute Gasteiger partial charge is 0.369 e. The molecule has 0 N–H and O–H groups in total. The predicted molar refractivity (Wildman–Crippen MR) is 48.9 cm³/mol. The highest BCUT2D eigenvalue weighted by molar-refractivity contribution is 5.84. The number of hydrogen-bond donors (Lipinski definition) is 0. The van der Waals surface area contributed by atoms with E-state index in [0.29, 0.717) is 0 Å². The topological polar surface area (TPSA) is 77.1 Å². The van der Waals surface area contributed by atoms with Crippen LogP contribution in [0.25, 0.3) is 0 Å². The van der Waals surface area contributed by atoms with Crippen LogP contribution in [0.15, 0.2) is 0 Å². The zero-order valence-corrected chi connectivity index (χ0v) is 8.57. The van der Waals surface area contributed by atoms with Gasteiger partial charge < -0.3 is 9.64 Å². The molecule has 0 spiro atoms. The van der Waals surface area contributed by atoms with Crippen LogP contribution in [0.3, 0.4) is 0 Å². The van der Waals surface area contributed by atoms with Gasteiger partial charge in [-0.1, -0.05) is 0 Å². The Morgan fingerprint density at radius 3 is 2.07 bits per heavy atom. The lowest BCUT2D eigenvalue weighted by Crippen LogP contribution is -2.46. The van der Waals surface area contributed by atoms with Gasteiger partial charge in [0.05, 0.1) is 12.1 Å². The van der Waals surface area contributed by atoms with Crippen molar-refractivity contribution in [2.45, 2.75) is 19.4 Å². The zero-order valence-electron chi connectivity index (χ0n) is 8.57. The minimum Gasteiger partial charge on any atom is -0.369 e. The Morgan fingerprint density at radius 1 is 1.36 bits per heavy atom. The summed E-state index contributed by atoms with van der Waals surface area (Å²) < 4.78 is 4.96. The molecular formula is C9H13N3O2. The molecule has 0 rings (SSSR count). The molecule has 0 aromatic heterocycles. The maximum Gasteiger partial charge on any atom is 0.255 e. The van der Waals surface area contributed by atoms with Crippen molar-refractivity contribution in [1.82, 2.24) is 4.90 Å². The van der Waals surface area contributed by atoms with Crippen LogP contribution in [-0.2, 0) is 9.53 Å². The SMILES string of the molecule is COC(C)(C)C(=O)N(CC#N)CC#N. The number of amides is 1. The molecule has 0 saturated carbocycles. The van der Waals surface area contributed by atoms with E-state index < -0.39 is 5.60 Å². The second kappa shape index (κ2) is 5.21. The maximum absolute atomic E-state index is 11.7. The molecule has 76 valence electrons. The third-order valence-corrected chi connectivity index (χ3v) is 1.84. The van der Waals surface area contributed by atoms with Crippen molar-refractivity contribution in [1.29, 1.82) is 10.5 Å². The van der Waals surface area contributed by atoms with Crippen LogP contribution in [0.4, 0.5) is 0 Å². The highest BCUT2D eigenvalue weighted by atomic mass is 16.5. The van der Waals surface area contributed by atoms with E-state index in [2.05, 4.69) is 0 Å². The molecule has 0 aliphatic heterocycles. The molecule has 0 heterocycles. The fourth-order valence-electron chi connectivity index (χ4n) is 0.838. The molecule has 0 radical (unpaired) electrons. The summed E-state index contributed by atoms with van der Waals surface area (Å²) in [6.45, 7) is 2.99. The van der Waals surface area contributed by atoms with E-state index in [4.69, 9.17) is 15.3 Å². The van der Waals surface area contributed by atoms with Crippen LogP contribution in [-0.4, -0.2) is 36.6 Å². The molecule has 0 aliphatic carbocycles. The van der Waals surface area contributed by atoms with E-state index in [9.17, 15) is 4.79 Å². The molecular weight excluding hydrogens is 182 g/mol. The van der Waals surface area contributed by atoms with E-state index in [1.165, 1.54) is 7.11 Å². The van der Waals surface area contributed by atoms with Gasteiger partial charge in [-0.2, -0.15) is 10.5 Å². The van der Waals surface area contributed by atoms with Crippen molar-refractivity contribution in [3.8, 4) is 12.1 Å². The fourth-order valence-corrected chi connectivity index (χ4v) is 0.838. The number of rotatable bonds is 4. The van der Waals surface area contributed by atoms with Crippen LogP contribution in [0.2, 0.25) is 0 Å². The summed E-state index contributed by atoms with van der Waals surface area (Å²) in [5.74, 6) is -0.358. The van der Waals surface area contributed by atoms with Crippen molar-refractivity contribution >= 4 is 5.91 Å². The molecule has 1 amide bonds. The first-order valence-corrected chi connectivity index (χ1v) is 4.08. The average molecular weight is 195 g/mol. The summed E-state index contributed by atoms with van der Waals surface area (Å²) in [6.07, 6.45) is 0. The van der Waals surface area contributed by atoms with Crippen molar-refractivity contribution < 1.29 is 9.53 Å². The molecule has 0 unspecified atom stereocenters. The van der Waals surface area contributed by atoms with Crippen molar-refractivity contribution in [3.63, 3.8) is 0 Å². The molecule has 0 aromatic rings. The highest BCUT2D eigenvalue weighted by Gasteiger charge is 2.31. The lowest BCUT2D eigenvalue weighted by atomic mass is 10.1. The molecule has 5 heteroatoms. The summed E-state index contributed by atoms with van der Waals surface area (Å²) >= 11 is 0. The smallest absolute Gasteiger partial charge is 0.255 e. The van der Waals surface area contributed by atoms with Gasteiger partial charge in [0.1, 0.15) is 18.7 Å². The second-order valence-electron chi connectivity index (χ2n) is 3.19. The molecule has 0 fully saturated rings. The average Bonchev–Trinajstić information content (AvgIpc) is 2.16. The van der Waals surface area contributed by atoms with Gasteiger partial charge in [0.15, 0.2) is 0 Å². The van der Waals surface area contributed by atoms with Gasteiger partial charge in [0.2, 0.25) is 0 Å². The Balaban J connectivity index is 4.62. The molecule has 0 bridgehead atoms. The van der Waals surface area contributed by atoms with Crippen molar-refractivity contribution in [2.24, 2.45) is 0 Å². The molecule has 0 aliphatic rings. The number of hydrogen-bond acceptors (Lipinski definition) is 4. The Kier molecular flexibility index (Phi) is 4.62. The Labute approximate surface area is 83.5 Å². The van der Waals surface area contributed by atoms with E-state index >= 15 is 0 Å². The van der Waals surface area contributed by atoms with Crippen LogP contribution in [0.5, 0.6) is 0 Å². The number of methoxy groups -OCH3 is 1. The first kappa shape index (κ1) is 12.4. The van der Waals surface area contributed by atoms with Crippen molar-refractivity contribution in [2.75, 3.05) is 20.2 Å². The molecule has 0 aromatic carbocycles. The standard InChI is InChI=1S/C9H13N3O2/c1-9(2,14-3)8(13)12(6-4-10)7-5-11/h6-7H2,1-3H3. The van der Waals surface area contributed by atoms with Crippen LogP contribution in [0, 0.1) is 22.7 Å². The summed E-state index contributed by atoms with van der Waals surface area (Å²) in [4.78, 5) is 12.8. The molecule has 0 saturated heterocycles. The zero-order chi connectivity index (χ0) is 11.2. The van der Waals surface area contributed by atoms with Crippen molar-refractivity contribution in [3.05, 3.63) is 0 Å².